The maximum atomic E-state index is 4.81. The summed E-state index contributed by atoms with van der Waals surface area (Å²) in [5.41, 5.74) is 2.46. The van der Waals surface area contributed by atoms with E-state index in [9.17, 15) is 0 Å². The zero-order valence-electron chi connectivity index (χ0n) is 12.2. The number of hydrogen-bond donors (Lipinski definition) is 1. The number of hydrogen-bond acceptors (Lipinski definition) is 3. The molecule has 0 radical (unpaired) electrons. The number of aromatic nitrogens is 1. The summed E-state index contributed by atoms with van der Waals surface area (Å²) in [7, 11) is 0. The van der Waals surface area contributed by atoms with Gasteiger partial charge in [0.05, 0.1) is 11.7 Å². The predicted octanol–water partition coefficient (Wildman–Crippen LogP) is 5.12. The Bertz CT molecular complexity index is 534. The van der Waals surface area contributed by atoms with Gasteiger partial charge in [-0.05, 0) is 36.6 Å². The Balaban J connectivity index is 2.28. The molecule has 2 aromatic rings. The van der Waals surface area contributed by atoms with Crippen molar-refractivity contribution in [1.82, 2.24) is 10.3 Å². The highest BCUT2D eigenvalue weighted by Gasteiger charge is 2.17. The summed E-state index contributed by atoms with van der Waals surface area (Å²) in [6.45, 7) is 7.56. The van der Waals surface area contributed by atoms with Crippen LogP contribution < -0.4 is 5.32 Å². The summed E-state index contributed by atoms with van der Waals surface area (Å²) in [6.07, 6.45) is 1.12. The van der Waals surface area contributed by atoms with Gasteiger partial charge in [-0.15, -0.1) is 11.3 Å². The largest absolute Gasteiger partial charge is 0.304 e. The molecular formula is C16H21BrN2S. The summed E-state index contributed by atoms with van der Waals surface area (Å²) < 4.78 is 1.11. The minimum absolute atomic E-state index is 0.195. The first-order valence-electron chi connectivity index (χ1n) is 7.06. The molecule has 0 aliphatic rings. The molecule has 1 heterocycles. The highest BCUT2D eigenvalue weighted by atomic mass is 79.9. The summed E-state index contributed by atoms with van der Waals surface area (Å²) in [6, 6.07) is 8.70. The van der Waals surface area contributed by atoms with Crippen molar-refractivity contribution in [3.05, 3.63) is 50.4 Å². The van der Waals surface area contributed by atoms with E-state index in [0.717, 1.165) is 22.4 Å². The second-order valence-electron chi connectivity index (χ2n) is 5.20. The van der Waals surface area contributed by atoms with Crippen molar-refractivity contribution in [2.24, 2.45) is 0 Å². The number of halogens is 1. The lowest BCUT2D eigenvalue weighted by Crippen LogP contribution is -2.23. The third-order valence-corrected chi connectivity index (χ3v) is 4.64. The number of thiazole rings is 1. The average molecular weight is 353 g/mol. The molecule has 0 fully saturated rings. The first kappa shape index (κ1) is 15.7. The quantitative estimate of drug-likeness (QED) is 0.780. The Morgan fingerprint density at radius 3 is 2.50 bits per heavy atom. The molecule has 1 aromatic heterocycles. The molecule has 0 aliphatic heterocycles. The van der Waals surface area contributed by atoms with Crippen LogP contribution in [0.3, 0.4) is 0 Å². The normalized spacial score (nSPS) is 12.8. The molecule has 0 spiro atoms. The van der Waals surface area contributed by atoms with E-state index in [-0.39, 0.29) is 6.04 Å². The van der Waals surface area contributed by atoms with Crippen molar-refractivity contribution in [2.45, 2.75) is 39.2 Å². The summed E-state index contributed by atoms with van der Waals surface area (Å²) in [5.74, 6) is 0.483. The van der Waals surface area contributed by atoms with Gasteiger partial charge in [-0.2, -0.15) is 0 Å². The second kappa shape index (κ2) is 7.34. The van der Waals surface area contributed by atoms with E-state index in [1.165, 1.54) is 11.3 Å². The van der Waals surface area contributed by atoms with Crippen molar-refractivity contribution in [2.75, 3.05) is 6.54 Å². The fourth-order valence-corrected chi connectivity index (χ4v) is 3.33. The molecule has 0 bridgehead atoms. The van der Waals surface area contributed by atoms with Gasteiger partial charge in [0.1, 0.15) is 5.01 Å². The highest BCUT2D eigenvalue weighted by molar-refractivity contribution is 9.10. The molecule has 20 heavy (non-hydrogen) atoms. The van der Waals surface area contributed by atoms with Gasteiger partial charge in [0.15, 0.2) is 0 Å². The van der Waals surface area contributed by atoms with Crippen LogP contribution in [0.5, 0.6) is 0 Å². The lowest BCUT2D eigenvalue weighted by atomic mass is 10.1. The van der Waals surface area contributed by atoms with Crippen molar-refractivity contribution in [3.63, 3.8) is 0 Å². The Morgan fingerprint density at radius 2 is 1.95 bits per heavy atom. The zero-order valence-corrected chi connectivity index (χ0v) is 14.6. The summed E-state index contributed by atoms with van der Waals surface area (Å²) >= 11 is 5.24. The van der Waals surface area contributed by atoms with Gasteiger partial charge in [-0.25, -0.2) is 4.98 Å². The van der Waals surface area contributed by atoms with E-state index in [4.69, 9.17) is 4.98 Å². The SMILES string of the molecule is CCCNC(c1ccc(Br)cc1)c1nc(C(C)C)cs1. The standard InChI is InChI=1S/C16H21BrN2S/c1-4-9-18-15(12-5-7-13(17)8-6-12)16-19-14(10-20-16)11(2)3/h5-8,10-11,15,18H,4,9H2,1-3H3. The van der Waals surface area contributed by atoms with E-state index < -0.39 is 0 Å². The van der Waals surface area contributed by atoms with Crippen LogP contribution in [0.2, 0.25) is 0 Å². The van der Waals surface area contributed by atoms with Crippen molar-refractivity contribution >= 4 is 27.3 Å². The summed E-state index contributed by atoms with van der Waals surface area (Å²) in [5, 5.41) is 6.94. The van der Waals surface area contributed by atoms with E-state index in [1.807, 2.05) is 0 Å². The number of benzene rings is 1. The van der Waals surface area contributed by atoms with Gasteiger partial charge in [0, 0.05) is 9.85 Å². The van der Waals surface area contributed by atoms with Gasteiger partial charge in [0.25, 0.3) is 0 Å². The first-order valence-corrected chi connectivity index (χ1v) is 8.73. The molecule has 0 saturated carbocycles. The smallest absolute Gasteiger partial charge is 0.114 e. The molecule has 2 rings (SSSR count). The molecule has 0 aliphatic carbocycles. The van der Waals surface area contributed by atoms with Crippen molar-refractivity contribution in [1.29, 1.82) is 0 Å². The number of nitrogens with zero attached hydrogens (tertiary/aromatic N) is 1. The fraction of sp³-hybridized carbons (Fsp3) is 0.438. The number of rotatable bonds is 6. The minimum atomic E-state index is 0.195. The van der Waals surface area contributed by atoms with Gasteiger partial charge in [0.2, 0.25) is 0 Å². The monoisotopic (exact) mass is 352 g/mol. The summed E-state index contributed by atoms with van der Waals surface area (Å²) in [4.78, 5) is 4.81. The van der Waals surface area contributed by atoms with Crippen LogP contribution in [-0.2, 0) is 0 Å². The molecular weight excluding hydrogens is 332 g/mol. The molecule has 0 saturated heterocycles. The lowest BCUT2D eigenvalue weighted by molar-refractivity contribution is 0.593. The maximum Gasteiger partial charge on any atom is 0.114 e. The molecule has 1 N–H and O–H groups in total. The van der Waals surface area contributed by atoms with Crippen LogP contribution in [0.15, 0.2) is 34.1 Å². The van der Waals surface area contributed by atoms with Crippen LogP contribution in [0.1, 0.15) is 55.4 Å². The van der Waals surface area contributed by atoms with Crippen LogP contribution in [0.4, 0.5) is 0 Å². The van der Waals surface area contributed by atoms with Gasteiger partial charge in [-0.1, -0.05) is 48.8 Å². The second-order valence-corrected chi connectivity index (χ2v) is 7.01. The Morgan fingerprint density at radius 1 is 1.25 bits per heavy atom. The highest BCUT2D eigenvalue weighted by Crippen LogP contribution is 2.28. The van der Waals surface area contributed by atoms with Crippen molar-refractivity contribution in [3.8, 4) is 0 Å². The first-order chi connectivity index (χ1) is 9.61. The fourth-order valence-electron chi connectivity index (χ4n) is 1.99. The van der Waals surface area contributed by atoms with Gasteiger partial charge < -0.3 is 5.32 Å². The molecule has 1 unspecified atom stereocenters. The molecule has 1 aromatic carbocycles. The minimum Gasteiger partial charge on any atom is -0.304 e. The van der Waals surface area contributed by atoms with Gasteiger partial charge >= 0.3 is 0 Å². The van der Waals surface area contributed by atoms with E-state index in [0.29, 0.717) is 5.92 Å². The maximum absolute atomic E-state index is 4.81. The molecule has 2 nitrogen and oxygen atoms in total. The van der Waals surface area contributed by atoms with Crippen LogP contribution >= 0.6 is 27.3 Å². The lowest BCUT2D eigenvalue weighted by Gasteiger charge is -2.17. The van der Waals surface area contributed by atoms with Gasteiger partial charge in [-0.3, -0.25) is 0 Å². The molecule has 0 amide bonds. The Kier molecular flexibility index (Phi) is 5.75. The third-order valence-electron chi connectivity index (χ3n) is 3.18. The predicted molar refractivity (Wildman–Crippen MR) is 90.5 cm³/mol. The Hall–Kier alpha value is -0.710. The topological polar surface area (TPSA) is 24.9 Å². The Labute approximate surface area is 133 Å². The number of nitrogens with one attached hydrogen (secondary N) is 1. The van der Waals surface area contributed by atoms with Crippen LogP contribution in [-0.4, -0.2) is 11.5 Å². The van der Waals surface area contributed by atoms with E-state index in [2.05, 4.69) is 71.7 Å². The third kappa shape index (κ3) is 3.90. The van der Waals surface area contributed by atoms with Crippen molar-refractivity contribution < 1.29 is 0 Å². The average Bonchev–Trinajstić information content (AvgIpc) is 2.91. The van der Waals surface area contributed by atoms with E-state index in [1.54, 1.807) is 11.3 Å². The van der Waals surface area contributed by atoms with E-state index >= 15 is 0 Å². The molecule has 1 atom stereocenters. The zero-order chi connectivity index (χ0) is 14.5. The molecule has 4 heteroatoms. The van der Waals surface area contributed by atoms with Crippen LogP contribution in [0.25, 0.3) is 0 Å². The molecule has 108 valence electrons. The van der Waals surface area contributed by atoms with Crippen LogP contribution in [0, 0.1) is 0 Å².